The largest absolute Gasteiger partial charge is 0.382 e. The lowest BCUT2D eigenvalue weighted by Gasteiger charge is -2.41. The normalized spacial score (nSPS) is 20.1. The van der Waals surface area contributed by atoms with Gasteiger partial charge in [-0.05, 0) is 62.5 Å². The zero-order valence-corrected chi connectivity index (χ0v) is 19.5. The topological polar surface area (TPSA) is 85.2 Å². The van der Waals surface area contributed by atoms with Crippen LogP contribution in [0.1, 0.15) is 31.0 Å². The van der Waals surface area contributed by atoms with Gasteiger partial charge in [0, 0.05) is 42.0 Å². The van der Waals surface area contributed by atoms with Crippen molar-refractivity contribution in [3.8, 4) is 22.6 Å². The summed E-state index contributed by atoms with van der Waals surface area (Å²) in [7, 11) is 0. The molecule has 5 heterocycles. The van der Waals surface area contributed by atoms with E-state index in [0.717, 1.165) is 50.8 Å². The molecule has 7 nitrogen and oxygen atoms in total. The highest BCUT2D eigenvalue weighted by atomic mass is 15.2. The molecule has 0 radical (unpaired) electrons. The van der Waals surface area contributed by atoms with Crippen molar-refractivity contribution < 1.29 is 0 Å². The maximum absolute atomic E-state index is 6.40. The van der Waals surface area contributed by atoms with Crippen molar-refractivity contribution in [3.05, 3.63) is 72.9 Å². The molecule has 7 heteroatoms. The second kappa shape index (κ2) is 8.13. The fourth-order valence-electron chi connectivity index (χ4n) is 5.52. The Hall–Kier alpha value is -3.84. The number of nitrogens with two attached hydrogens (primary N) is 1. The van der Waals surface area contributed by atoms with Crippen molar-refractivity contribution in [2.75, 3.05) is 25.4 Å². The summed E-state index contributed by atoms with van der Waals surface area (Å²) in [5.74, 6) is 2.83. The molecular formula is C28H27N7. The highest BCUT2D eigenvalue weighted by Gasteiger charge is 2.36. The highest BCUT2D eigenvalue weighted by Crippen LogP contribution is 2.44. The van der Waals surface area contributed by atoms with Crippen LogP contribution in [0.2, 0.25) is 0 Å². The van der Waals surface area contributed by atoms with Crippen molar-refractivity contribution in [2.45, 2.75) is 25.2 Å². The van der Waals surface area contributed by atoms with E-state index in [1.165, 1.54) is 38.9 Å². The number of anilines is 1. The van der Waals surface area contributed by atoms with Gasteiger partial charge in [0.15, 0.2) is 0 Å². The first-order valence-electron chi connectivity index (χ1n) is 12.4. The minimum absolute atomic E-state index is 0.457. The maximum Gasteiger partial charge on any atom is 0.150 e. The average molecular weight is 462 g/mol. The molecule has 0 bridgehead atoms. The summed E-state index contributed by atoms with van der Waals surface area (Å²) in [6.07, 6.45) is 9.28. The third-order valence-corrected chi connectivity index (χ3v) is 7.57. The zero-order valence-electron chi connectivity index (χ0n) is 19.5. The number of hydrogen-bond acceptors (Lipinski definition) is 6. The summed E-state index contributed by atoms with van der Waals surface area (Å²) in [5.41, 5.74) is 11.8. The van der Waals surface area contributed by atoms with E-state index in [-0.39, 0.29) is 0 Å². The molecule has 1 saturated heterocycles. The number of rotatable bonds is 5. The molecule has 1 aliphatic carbocycles. The Morgan fingerprint density at radius 1 is 0.914 bits per heavy atom. The molecule has 1 aromatic carbocycles. The van der Waals surface area contributed by atoms with Crippen molar-refractivity contribution in [3.63, 3.8) is 0 Å². The second-order valence-electron chi connectivity index (χ2n) is 9.86. The van der Waals surface area contributed by atoms with Gasteiger partial charge in [0.25, 0.3) is 0 Å². The maximum atomic E-state index is 6.40. The predicted molar refractivity (Wildman–Crippen MR) is 138 cm³/mol. The van der Waals surface area contributed by atoms with Gasteiger partial charge in [-0.3, -0.25) is 9.38 Å². The quantitative estimate of drug-likeness (QED) is 0.405. The molecule has 0 unspecified atom stereocenters. The van der Waals surface area contributed by atoms with Gasteiger partial charge < -0.3 is 10.6 Å². The first-order valence-corrected chi connectivity index (χ1v) is 12.4. The Bertz CT molecular complexity index is 1530. The van der Waals surface area contributed by atoms with E-state index in [0.29, 0.717) is 11.7 Å². The van der Waals surface area contributed by atoms with E-state index < -0.39 is 0 Å². The Labute approximate surface area is 203 Å². The van der Waals surface area contributed by atoms with Crippen LogP contribution in [0.4, 0.5) is 5.82 Å². The van der Waals surface area contributed by atoms with E-state index in [2.05, 4.69) is 43.5 Å². The van der Waals surface area contributed by atoms with Crippen LogP contribution in [0.3, 0.4) is 0 Å². The SMILES string of the molecule is Nc1nccn2c(C3CC(CN4CCC4)C3)nc(-c3ccc4ccc(-c5ccccn5)nc4c3)c12. The molecule has 1 saturated carbocycles. The summed E-state index contributed by atoms with van der Waals surface area (Å²) in [4.78, 5) is 21.5. The van der Waals surface area contributed by atoms with Crippen molar-refractivity contribution >= 4 is 22.2 Å². The minimum Gasteiger partial charge on any atom is -0.382 e. The molecule has 0 spiro atoms. The first-order chi connectivity index (χ1) is 17.2. The number of fused-ring (bicyclic) bond motifs is 2. The Morgan fingerprint density at radius 2 is 1.80 bits per heavy atom. The van der Waals surface area contributed by atoms with Gasteiger partial charge in [0.2, 0.25) is 0 Å². The number of imidazole rings is 1. The zero-order chi connectivity index (χ0) is 23.4. The summed E-state index contributed by atoms with van der Waals surface area (Å²) < 4.78 is 2.16. The molecule has 1 aliphatic heterocycles. The summed E-state index contributed by atoms with van der Waals surface area (Å²) in [6.45, 7) is 3.75. The Balaban J connectivity index is 1.27. The number of benzene rings is 1. The molecule has 174 valence electrons. The second-order valence-corrected chi connectivity index (χ2v) is 9.86. The molecule has 0 atom stereocenters. The van der Waals surface area contributed by atoms with Crippen molar-refractivity contribution in [1.29, 1.82) is 0 Å². The lowest BCUT2D eigenvalue weighted by atomic mass is 9.74. The van der Waals surface area contributed by atoms with Crippen LogP contribution in [-0.4, -0.2) is 48.9 Å². The Morgan fingerprint density at radius 3 is 2.60 bits per heavy atom. The first kappa shape index (κ1) is 20.5. The fraction of sp³-hybridized carbons (Fsp3) is 0.286. The van der Waals surface area contributed by atoms with Gasteiger partial charge in [-0.2, -0.15) is 0 Å². The Kier molecular flexibility index (Phi) is 4.77. The molecule has 7 rings (SSSR count). The van der Waals surface area contributed by atoms with Gasteiger partial charge in [0.1, 0.15) is 22.9 Å². The minimum atomic E-state index is 0.457. The van der Waals surface area contributed by atoms with Gasteiger partial charge >= 0.3 is 0 Å². The molecule has 0 amide bonds. The summed E-state index contributed by atoms with van der Waals surface area (Å²) in [6, 6.07) is 16.3. The van der Waals surface area contributed by atoms with Crippen LogP contribution in [0.5, 0.6) is 0 Å². The van der Waals surface area contributed by atoms with Crippen LogP contribution in [0.15, 0.2) is 67.1 Å². The van der Waals surface area contributed by atoms with Crippen LogP contribution >= 0.6 is 0 Å². The number of hydrogen-bond donors (Lipinski definition) is 1. The predicted octanol–water partition coefficient (Wildman–Crippen LogP) is 4.79. The average Bonchev–Trinajstić information content (AvgIpc) is 3.22. The fourth-order valence-corrected chi connectivity index (χ4v) is 5.52. The molecule has 2 N–H and O–H groups in total. The van der Waals surface area contributed by atoms with Gasteiger partial charge in [-0.25, -0.2) is 15.0 Å². The third-order valence-electron chi connectivity index (χ3n) is 7.57. The summed E-state index contributed by atoms with van der Waals surface area (Å²) in [5, 5.41) is 1.08. The lowest BCUT2D eigenvalue weighted by Crippen LogP contribution is -2.43. The number of nitrogens with zero attached hydrogens (tertiary/aromatic N) is 6. The van der Waals surface area contributed by atoms with Crippen LogP contribution in [0.25, 0.3) is 39.1 Å². The van der Waals surface area contributed by atoms with Crippen LogP contribution in [0, 0.1) is 5.92 Å². The van der Waals surface area contributed by atoms with Crippen LogP contribution in [-0.2, 0) is 0 Å². The third kappa shape index (κ3) is 3.54. The van der Waals surface area contributed by atoms with Crippen molar-refractivity contribution in [2.24, 2.45) is 5.92 Å². The van der Waals surface area contributed by atoms with Gasteiger partial charge in [0.05, 0.1) is 16.9 Å². The molecule has 2 aliphatic rings. The van der Waals surface area contributed by atoms with E-state index in [1.54, 1.807) is 12.4 Å². The summed E-state index contributed by atoms with van der Waals surface area (Å²) >= 11 is 0. The number of nitrogen functional groups attached to an aromatic ring is 1. The molecule has 35 heavy (non-hydrogen) atoms. The standard InChI is InChI=1S/C28H27N7/c29-27-26-25(20-6-5-19-7-8-23(32-24(19)16-20)22-4-1-2-9-30-22)33-28(35(26)13-10-31-27)21-14-18(15-21)17-34-11-3-12-34/h1-2,4-10,13,16,18,21H,3,11-12,14-15,17H2,(H2,29,31). The molecule has 4 aromatic heterocycles. The van der Waals surface area contributed by atoms with E-state index in [1.807, 2.05) is 30.5 Å². The lowest BCUT2D eigenvalue weighted by molar-refractivity contribution is 0.107. The van der Waals surface area contributed by atoms with Gasteiger partial charge in [-0.1, -0.05) is 24.3 Å². The van der Waals surface area contributed by atoms with E-state index in [9.17, 15) is 0 Å². The van der Waals surface area contributed by atoms with Crippen molar-refractivity contribution in [1.82, 2.24) is 29.2 Å². The van der Waals surface area contributed by atoms with Gasteiger partial charge in [-0.15, -0.1) is 0 Å². The number of aromatic nitrogens is 5. The van der Waals surface area contributed by atoms with Crippen LogP contribution < -0.4 is 5.73 Å². The number of pyridine rings is 2. The molecule has 5 aromatic rings. The number of likely N-dealkylation sites (tertiary alicyclic amines) is 1. The molecular weight excluding hydrogens is 434 g/mol. The van der Waals surface area contributed by atoms with E-state index >= 15 is 0 Å². The smallest absolute Gasteiger partial charge is 0.150 e. The highest BCUT2D eigenvalue weighted by molar-refractivity contribution is 5.91. The molecule has 2 fully saturated rings. The monoisotopic (exact) mass is 461 g/mol. The van der Waals surface area contributed by atoms with E-state index in [4.69, 9.17) is 15.7 Å².